The second-order valence-electron chi connectivity index (χ2n) is 10.0. The number of aryl methyl sites for hydroxylation is 1. The number of pyridine rings is 1. The minimum Gasteiger partial charge on any atom is -0.486 e. The standard InChI is InChI=1S/C26H33N5O4/c1-16(2)24-28-23(35-30-24)14-31-12-20(13-31)34-19-7-9-22(27-11-19)18-6-8-21(17(3)10-18)25(33)29-26(4,5)15-32/h6-11,16,20,32H,12-15H2,1-5H3,(H,29,33). The lowest BCUT2D eigenvalue weighted by Crippen LogP contribution is -2.53. The number of nitrogens with one attached hydrogen (secondary N) is 1. The first-order chi connectivity index (χ1) is 16.6. The predicted octanol–water partition coefficient (Wildman–Crippen LogP) is 3.33. The van der Waals surface area contributed by atoms with Crippen molar-refractivity contribution in [1.82, 2.24) is 25.3 Å². The Balaban J connectivity index is 1.30. The summed E-state index contributed by atoms with van der Waals surface area (Å²) in [4.78, 5) is 23.7. The molecule has 1 aliphatic heterocycles. The number of likely N-dealkylation sites (tertiary alicyclic amines) is 1. The van der Waals surface area contributed by atoms with E-state index in [0.29, 0.717) is 18.0 Å². The molecule has 4 rings (SSSR count). The summed E-state index contributed by atoms with van der Waals surface area (Å²) < 4.78 is 11.4. The van der Waals surface area contributed by atoms with Gasteiger partial charge < -0.3 is 19.7 Å². The molecule has 2 aromatic heterocycles. The van der Waals surface area contributed by atoms with Crippen molar-refractivity contribution in [2.45, 2.75) is 58.7 Å². The molecule has 0 atom stereocenters. The maximum absolute atomic E-state index is 12.6. The van der Waals surface area contributed by atoms with Crippen LogP contribution in [-0.4, -0.2) is 62.4 Å². The second kappa shape index (κ2) is 10.1. The van der Waals surface area contributed by atoms with Crippen LogP contribution in [0.25, 0.3) is 11.3 Å². The Kier molecular flexibility index (Phi) is 7.18. The van der Waals surface area contributed by atoms with Gasteiger partial charge in [-0.1, -0.05) is 25.1 Å². The average Bonchev–Trinajstić information content (AvgIpc) is 3.27. The highest BCUT2D eigenvalue weighted by Crippen LogP contribution is 2.25. The van der Waals surface area contributed by atoms with Gasteiger partial charge in [0.15, 0.2) is 5.82 Å². The monoisotopic (exact) mass is 479 g/mol. The van der Waals surface area contributed by atoms with Crippen LogP contribution in [0, 0.1) is 6.92 Å². The number of carbonyl (C=O) groups is 1. The minimum absolute atomic E-state index is 0.0957. The highest BCUT2D eigenvalue weighted by atomic mass is 16.5. The van der Waals surface area contributed by atoms with E-state index in [1.54, 1.807) is 26.1 Å². The third-order valence-corrected chi connectivity index (χ3v) is 5.94. The molecular weight excluding hydrogens is 446 g/mol. The Labute approximate surface area is 205 Å². The molecule has 35 heavy (non-hydrogen) atoms. The molecule has 3 heterocycles. The van der Waals surface area contributed by atoms with Gasteiger partial charge in [-0.15, -0.1) is 0 Å². The maximum atomic E-state index is 12.6. The van der Waals surface area contributed by atoms with E-state index in [9.17, 15) is 9.90 Å². The molecule has 0 spiro atoms. The molecular formula is C26H33N5O4. The fourth-order valence-electron chi connectivity index (χ4n) is 3.79. The van der Waals surface area contributed by atoms with Crippen molar-refractivity contribution in [3.8, 4) is 17.0 Å². The van der Waals surface area contributed by atoms with Crippen LogP contribution in [-0.2, 0) is 6.54 Å². The van der Waals surface area contributed by atoms with Crippen molar-refractivity contribution < 1.29 is 19.2 Å². The molecule has 1 fully saturated rings. The van der Waals surface area contributed by atoms with E-state index in [4.69, 9.17) is 9.26 Å². The zero-order valence-electron chi connectivity index (χ0n) is 20.9. The number of carbonyl (C=O) groups excluding carboxylic acids is 1. The third kappa shape index (κ3) is 6.04. The van der Waals surface area contributed by atoms with E-state index >= 15 is 0 Å². The summed E-state index contributed by atoms with van der Waals surface area (Å²) in [7, 11) is 0. The van der Waals surface area contributed by atoms with Crippen LogP contribution >= 0.6 is 0 Å². The van der Waals surface area contributed by atoms with Crippen LogP contribution in [0.3, 0.4) is 0 Å². The summed E-state index contributed by atoms with van der Waals surface area (Å²) >= 11 is 0. The molecule has 0 bridgehead atoms. The van der Waals surface area contributed by atoms with Gasteiger partial charge in [0.2, 0.25) is 5.89 Å². The van der Waals surface area contributed by atoms with E-state index in [1.807, 2.05) is 45.0 Å². The van der Waals surface area contributed by atoms with Crippen molar-refractivity contribution in [2.75, 3.05) is 19.7 Å². The van der Waals surface area contributed by atoms with Crippen molar-refractivity contribution in [2.24, 2.45) is 0 Å². The smallest absolute Gasteiger partial charge is 0.252 e. The van der Waals surface area contributed by atoms with Crippen molar-refractivity contribution in [1.29, 1.82) is 0 Å². The molecule has 3 aromatic rings. The summed E-state index contributed by atoms with van der Waals surface area (Å²) in [6.07, 6.45) is 1.82. The molecule has 1 amide bonds. The Morgan fingerprint density at radius 2 is 2.06 bits per heavy atom. The maximum Gasteiger partial charge on any atom is 0.252 e. The molecule has 9 heteroatoms. The SMILES string of the molecule is Cc1cc(-c2ccc(OC3CN(Cc4nc(C(C)C)no4)C3)cn2)ccc1C(=O)NC(C)(C)CO. The van der Waals surface area contributed by atoms with Crippen LogP contribution in [0.5, 0.6) is 5.75 Å². The Hall–Kier alpha value is -3.30. The minimum atomic E-state index is -0.679. The number of aromatic nitrogens is 3. The van der Waals surface area contributed by atoms with Gasteiger partial charge in [-0.2, -0.15) is 4.98 Å². The Bertz CT molecular complexity index is 1170. The number of hydrogen-bond donors (Lipinski definition) is 2. The molecule has 0 unspecified atom stereocenters. The van der Waals surface area contributed by atoms with Gasteiger partial charge in [0, 0.05) is 30.1 Å². The number of benzene rings is 1. The van der Waals surface area contributed by atoms with E-state index in [1.165, 1.54) is 0 Å². The second-order valence-corrected chi connectivity index (χ2v) is 10.0. The lowest BCUT2D eigenvalue weighted by Gasteiger charge is -2.37. The number of amides is 1. The lowest BCUT2D eigenvalue weighted by molar-refractivity contribution is 0.00844. The van der Waals surface area contributed by atoms with Crippen LogP contribution in [0.15, 0.2) is 41.1 Å². The third-order valence-electron chi connectivity index (χ3n) is 5.94. The summed E-state index contributed by atoms with van der Waals surface area (Å²) in [5, 5.41) is 16.2. The number of rotatable bonds is 9. The largest absolute Gasteiger partial charge is 0.486 e. The van der Waals surface area contributed by atoms with Gasteiger partial charge in [0.05, 0.1) is 30.6 Å². The summed E-state index contributed by atoms with van der Waals surface area (Å²) in [5.74, 6) is 2.13. The number of ether oxygens (including phenoxy) is 1. The molecule has 0 radical (unpaired) electrons. The number of nitrogens with zero attached hydrogens (tertiary/aromatic N) is 4. The first-order valence-corrected chi connectivity index (χ1v) is 11.9. The van der Waals surface area contributed by atoms with Crippen LogP contribution in [0.1, 0.15) is 61.2 Å². The normalized spacial score (nSPS) is 14.7. The average molecular weight is 480 g/mol. The quantitative estimate of drug-likeness (QED) is 0.480. The number of aliphatic hydroxyl groups excluding tert-OH is 1. The summed E-state index contributed by atoms with van der Waals surface area (Å²) in [5.41, 5.74) is 2.46. The van der Waals surface area contributed by atoms with Gasteiger partial charge in [-0.25, -0.2) is 0 Å². The van der Waals surface area contributed by atoms with Crippen molar-refractivity contribution >= 4 is 5.91 Å². The van der Waals surface area contributed by atoms with E-state index < -0.39 is 5.54 Å². The number of hydrogen-bond acceptors (Lipinski definition) is 8. The van der Waals surface area contributed by atoms with Gasteiger partial charge in [-0.05, 0) is 50.6 Å². The Morgan fingerprint density at radius 3 is 2.66 bits per heavy atom. The van der Waals surface area contributed by atoms with Gasteiger partial charge in [0.25, 0.3) is 5.91 Å². The topological polar surface area (TPSA) is 114 Å². The van der Waals surface area contributed by atoms with E-state index in [-0.39, 0.29) is 24.5 Å². The predicted molar refractivity (Wildman–Crippen MR) is 131 cm³/mol. The zero-order valence-corrected chi connectivity index (χ0v) is 20.9. The fraction of sp³-hybridized carbons (Fsp3) is 0.462. The lowest BCUT2D eigenvalue weighted by atomic mass is 10.0. The molecule has 0 aliphatic carbocycles. The van der Waals surface area contributed by atoms with Crippen molar-refractivity contribution in [3.63, 3.8) is 0 Å². The van der Waals surface area contributed by atoms with Gasteiger partial charge in [0.1, 0.15) is 11.9 Å². The molecule has 0 saturated carbocycles. The first kappa shape index (κ1) is 24.8. The van der Waals surface area contributed by atoms with Gasteiger partial charge >= 0.3 is 0 Å². The molecule has 1 aliphatic rings. The molecule has 9 nitrogen and oxygen atoms in total. The molecule has 1 saturated heterocycles. The first-order valence-electron chi connectivity index (χ1n) is 11.9. The van der Waals surface area contributed by atoms with Crippen LogP contribution in [0.4, 0.5) is 0 Å². The zero-order chi connectivity index (χ0) is 25.2. The highest BCUT2D eigenvalue weighted by molar-refractivity contribution is 5.96. The van der Waals surface area contributed by atoms with E-state index in [0.717, 1.165) is 41.5 Å². The van der Waals surface area contributed by atoms with Crippen molar-refractivity contribution in [3.05, 3.63) is 59.4 Å². The number of aliphatic hydroxyl groups is 1. The summed E-state index contributed by atoms with van der Waals surface area (Å²) in [6, 6.07) is 9.44. The fourth-order valence-corrected chi connectivity index (χ4v) is 3.79. The highest BCUT2D eigenvalue weighted by Gasteiger charge is 2.30. The molecule has 186 valence electrons. The molecule has 2 N–H and O–H groups in total. The summed E-state index contributed by atoms with van der Waals surface area (Å²) in [6.45, 7) is 11.6. The van der Waals surface area contributed by atoms with Crippen LogP contribution in [0.2, 0.25) is 0 Å². The molecule has 1 aromatic carbocycles. The van der Waals surface area contributed by atoms with Gasteiger partial charge in [-0.3, -0.25) is 14.7 Å². The van der Waals surface area contributed by atoms with E-state index in [2.05, 4.69) is 25.3 Å². The van der Waals surface area contributed by atoms with Crippen LogP contribution < -0.4 is 10.1 Å². The Morgan fingerprint density at radius 1 is 1.29 bits per heavy atom.